The van der Waals surface area contributed by atoms with Crippen molar-refractivity contribution >= 4 is 50.2 Å². The molecule has 0 aliphatic heterocycles. The van der Waals surface area contributed by atoms with E-state index in [4.69, 9.17) is 0 Å². The first-order valence-electron chi connectivity index (χ1n) is 9.82. The first-order valence-corrected chi connectivity index (χ1v) is 11.6. The minimum absolute atomic E-state index is 0.0624. The van der Waals surface area contributed by atoms with Gasteiger partial charge in [0.25, 0.3) is 11.5 Å². The molecule has 0 aliphatic rings. The zero-order valence-electron chi connectivity index (χ0n) is 17.2. The second-order valence-corrected chi connectivity index (χ2v) is 8.77. The average molecular weight is 507 g/mol. The molecule has 6 nitrogen and oxygen atoms in total. The molecule has 0 spiro atoms. The summed E-state index contributed by atoms with van der Waals surface area (Å²) in [5.41, 5.74) is 5.30. The molecule has 1 heterocycles. The average Bonchev–Trinajstić information content (AvgIpc) is 2.82. The Balaban J connectivity index is 1.59. The number of rotatable bonds is 6. The molecule has 0 atom stereocenters. The third kappa shape index (κ3) is 4.98. The number of nitrogens with zero attached hydrogens (tertiary/aromatic N) is 3. The highest BCUT2D eigenvalue weighted by atomic mass is 79.9. The van der Waals surface area contributed by atoms with E-state index in [1.165, 1.54) is 16.3 Å². The summed E-state index contributed by atoms with van der Waals surface area (Å²) in [5, 5.41) is 5.13. The first-order chi connectivity index (χ1) is 15.5. The third-order valence-corrected chi connectivity index (χ3v) is 6.17. The van der Waals surface area contributed by atoms with Crippen molar-refractivity contribution in [1.29, 1.82) is 0 Å². The second-order valence-electron chi connectivity index (χ2n) is 6.92. The van der Waals surface area contributed by atoms with E-state index in [0.717, 1.165) is 10.0 Å². The normalized spacial score (nSPS) is 11.5. The largest absolute Gasteiger partial charge is 0.272 e. The van der Waals surface area contributed by atoms with Gasteiger partial charge in [0.2, 0.25) is 0 Å². The molecule has 8 heteroatoms. The lowest BCUT2D eigenvalue weighted by atomic mass is 10.1. The van der Waals surface area contributed by atoms with Crippen molar-refractivity contribution in [2.24, 2.45) is 5.10 Å². The van der Waals surface area contributed by atoms with Gasteiger partial charge in [0.1, 0.15) is 0 Å². The number of aromatic nitrogens is 2. The highest BCUT2D eigenvalue weighted by molar-refractivity contribution is 9.10. The van der Waals surface area contributed by atoms with E-state index in [-0.39, 0.29) is 17.2 Å². The molecule has 0 fully saturated rings. The zero-order chi connectivity index (χ0) is 22.5. The van der Waals surface area contributed by atoms with Gasteiger partial charge < -0.3 is 0 Å². The van der Waals surface area contributed by atoms with Gasteiger partial charge in [0.15, 0.2) is 5.16 Å². The minimum atomic E-state index is -0.282. The molecule has 0 aliphatic carbocycles. The molecule has 4 aromatic rings. The lowest BCUT2D eigenvalue weighted by Crippen LogP contribution is -2.24. The molecule has 0 unspecified atom stereocenters. The molecule has 4 rings (SSSR count). The number of halogens is 1. The van der Waals surface area contributed by atoms with Crippen LogP contribution in [0.4, 0.5) is 0 Å². The maximum absolute atomic E-state index is 13.2. The number of hydrogen-bond acceptors (Lipinski definition) is 5. The number of hydrogen-bond donors (Lipinski definition) is 1. The van der Waals surface area contributed by atoms with E-state index in [9.17, 15) is 9.59 Å². The van der Waals surface area contributed by atoms with Gasteiger partial charge in [-0.25, -0.2) is 10.4 Å². The van der Waals surface area contributed by atoms with Crippen LogP contribution >= 0.6 is 27.7 Å². The van der Waals surface area contributed by atoms with Crippen molar-refractivity contribution in [1.82, 2.24) is 15.0 Å². The van der Waals surface area contributed by atoms with Crippen molar-refractivity contribution in [3.8, 4) is 5.69 Å². The Bertz CT molecular complexity index is 1350. The highest BCUT2D eigenvalue weighted by Crippen LogP contribution is 2.22. The van der Waals surface area contributed by atoms with Crippen LogP contribution in [0.1, 0.15) is 12.5 Å². The van der Waals surface area contributed by atoms with E-state index in [1.54, 1.807) is 12.1 Å². The number of fused-ring (bicyclic) bond motifs is 1. The molecule has 160 valence electrons. The minimum Gasteiger partial charge on any atom is -0.272 e. The summed E-state index contributed by atoms with van der Waals surface area (Å²) in [6, 6.07) is 24.2. The Kier molecular flexibility index (Phi) is 6.82. The fourth-order valence-corrected chi connectivity index (χ4v) is 4.15. The maximum Gasteiger partial charge on any atom is 0.266 e. The quantitative estimate of drug-likeness (QED) is 0.176. The maximum atomic E-state index is 13.2. The van der Waals surface area contributed by atoms with Crippen LogP contribution in [0.5, 0.6) is 0 Å². The number of para-hydroxylation sites is 1. The number of amides is 1. The van der Waals surface area contributed by atoms with Gasteiger partial charge >= 0.3 is 0 Å². The molecule has 0 radical (unpaired) electrons. The van der Waals surface area contributed by atoms with E-state index in [0.29, 0.717) is 27.5 Å². The van der Waals surface area contributed by atoms with Gasteiger partial charge in [-0.1, -0.05) is 70.2 Å². The number of benzene rings is 3. The molecular formula is C24H19BrN4O2S. The van der Waals surface area contributed by atoms with E-state index in [2.05, 4.69) is 31.4 Å². The number of thioether (sulfide) groups is 1. The fraction of sp³-hybridized carbons (Fsp3) is 0.0833. The lowest BCUT2D eigenvalue weighted by Gasteiger charge is -2.13. The van der Waals surface area contributed by atoms with Crippen LogP contribution in [-0.4, -0.2) is 26.9 Å². The van der Waals surface area contributed by atoms with Gasteiger partial charge in [-0.3, -0.25) is 14.2 Å². The predicted octanol–water partition coefficient (Wildman–Crippen LogP) is 4.78. The van der Waals surface area contributed by atoms with Crippen LogP contribution in [0, 0.1) is 0 Å². The Hall–Kier alpha value is -3.23. The number of nitrogens with one attached hydrogen (secondary N) is 1. The molecular weight excluding hydrogens is 488 g/mol. The Morgan fingerprint density at radius 3 is 2.47 bits per heavy atom. The van der Waals surface area contributed by atoms with Crippen LogP contribution in [0.25, 0.3) is 16.6 Å². The molecule has 1 aromatic heterocycles. The molecule has 0 saturated carbocycles. The van der Waals surface area contributed by atoms with Crippen LogP contribution in [0.2, 0.25) is 0 Å². The summed E-state index contributed by atoms with van der Waals surface area (Å²) >= 11 is 4.61. The Labute approximate surface area is 197 Å². The first kappa shape index (κ1) is 22.0. The molecule has 0 bridgehead atoms. The van der Waals surface area contributed by atoms with Gasteiger partial charge in [0.05, 0.1) is 28.1 Å². The van der Waals surface area contributed by atoms with Crippen LogP contribution in [0.15, 0.2) is 98.4 Å². The summed E-state index contributed by atoms with van der Waals surface area (Å²) in [5.74, 6) is -0.220. The number of carbonyl (C=O) groups is 1. The Morgan fingerprint density at radius 2 is 1.72 bits per heavy atom. The van der Waals surface area contributed by atoms with E-state index < -0.39 is 0 Å². The van der Waals surface area contributed by atoms with Crippen LogP contribution < -0.4 is 11.0 Å². The van der Waals surface area contributed by atoms with Crippen LogP contribution in [-0.2, 0) is 4.79 Å². The monoisotopic (exact) mass is 506 g/mol. The smallest absolute Gasteiger partial charge is 0.266 e. The Morgan fingerprint density at radius 1 is 1.03 bits per heavy atom. The summed E-state index contributed by atoms with van der Waals surface area (Å²) in [7, 11) is 0. The number of hydrazone groups is 1. The van der Waals surface area contributed by atoms with Gasteiger partial charge in [-0.05, 0) is 48.9 Å². The SMILES string of the molecule is CC(=NNC(=O)CSc1nc2ccccc2c(=O)n1-c1ccc(Br)cc1)c1ccccc1. The van der Waals surface area contributed by atoms with Gasteiger partial charge in [0, 0.05) is 4.47 Å². The summed E-state index contributed by atoms with van der Waals surface area (Å²) in [6.45, 7) is 1.83. The topological polar surface area (TPSA) is 76.3 Å². The lowest BCUT2D eigenvalue weighted by molar-refractivity contribution is -0.118. The molecule has 1 amide bonds. The van der Waals surface area contributed by atoms with Crippen molar-refractivity contribution in [3.05, 3.63) is 99.3 Å². The number of carbonyl (C=O) groups excluding carboxylic acids is 1. The predicted molar refractivity (Wildman–Crippen MR) is 133 cm³/mol. The third-order valence-electron chi connectivity index (χ3n) is 4.70. The van der Waals surface area contributed by atoms with Crippen molar-refractivity contribution in [2.45, 2.75) is 12.1 Å². The molecule has 0 saturated heterocycles. The van der Waals surface area contributed by atoms with E-state index >= 15 is 0 Å². The van der Waals surface area contributed by atoms with Crippen molar-refractivity contribution < 1.29 is 4.79 Å². The van der Waals surface area contributed by atoms with Gasteiger partial charge in [-0.2, -0.15) is 5.10 Å². The van der Waals surface area contributed by atoms with E-state index in [1.807, 2.05) is 73.7 Å². The molecule has 3 aromatic carbocycles. The van der Waals surface area contributed by atoms with Crippen molar-refractivity contribution in [2.75, 3.05) is 5.75 Å². The summed E-state index contributed by atoms with van der Waals surface area (Å²) < 4.78 is 2.44. The zero-order valence-corrected chi connectivity index (χ0v) is 19.6. The second kappa shape index (κ2) is 9.93. The van der Waals surface area contributed by atoms with Crippen molar-refractivity contribution in [3.63, 3.8) is 0 Å². The van der Waals surface area contributed by atoms with Crippen LogP contribution in [0.3, 0.4) is 0 Å². The molecule has 32 heavy (non-hydrogen) atoms. The van der Waals surface area contributed by atoms with Gasteiger partial charge in [-0.15, -0.1) is 0 Å². The summed E-state index contributed by atoms with van der Waals surface area (Å²) in [4.78, 5) is 30.3. The summed E-state index contributed by atoms with van der Waals surface area (Å²) in [6.07, 6.45) is 0. The standard InChI is InChI=1S/C24H19BrN4O2S/c1-16(17-7-3-2-4-8-17)27-28-22(30)15-32-24-26-21-10-6-5-9-20(21)23(31)29(24)19-13-11-18(25)12-14-19/h2-14H,15H2,1H3,(H,28,30). The molecule has 1 N–H and O–H groups in total. The fourth-order valence-electron chi connectivity index (χ4n) is 3.08. The highest BCUT2D eigenvalue weighted by Gasteiger charge is 2.15.